The fourth-order valence-corrected chi connectivity index (χ4v) is 6.44. The van der Waals surface area contributed by atoms with Gasteiger partial charge in [0, 0.05) is 17.7 Å². The van der Waals surface area contributed by atoms with E-state index >= 15 is 0 Å². The average molecular weight is 598 g/mol. The van der Waals surface area contributed by atoms with Crippen LogP contribution in [0, 0.1) is 17.2 Å². The number of nitrogens with one attached hydrogen (secondary N) is 1. The Hall–Kier alpha value is -3.26. The molecule has 1 aliphatic carbocycles. The number of carboxylic acids is 1. The quantitative estimate of drug-likeness (QED) is 0.303. The minimum absolute atomic E-state index is 0.0446. The first-order valence-electron chi connectivity index (χ1n) is 14.8. The van der Waals surface area contributed by atoms with Crippen molar-refractivity contribution in [3.8, 4) is 0 Å². The number of benzene rings is 2. The van der Waals surface area contributed by atoms with Crippen molar-refractivity contribution in [3.63, 3.8) is 0 Å². The summed E-state index contributed by atoms with van der Waals surface area (Å²) >= 11 is 6.12. The van der Waals surface area contributed by atoms with Crippen LogP contribution in [0.2, 0.25) is 5.02 Å². The summed E-state index contributed by atoms with van der Waals surface area (Å²) in [5, 5.41) is 11.4. The van der Waals surface area contributed by atoms with Crippen molar-refractivity contribution in [2.75, 3.05) is 6.54 Å². The Morgan fingerprint density at radius 2 is 1.83 bits per heavy atom. The van der Waals surface area contributed by atoms with Gasteiger partial charge in [-0.15, -0.1) is 0 Å². The summed E-state index contributed by atoms with van der Waals surface area (Å²) in [5.41, 5.74) is 1.57. The Bertz CT molecular complexity index is 1340. The molecular formula is C33H41ClFN3O4. The maximum Gasteiger partial charge on any atom is 0.305 e. The Kier molecular flexibility index (Phi) is 9.76. The Morgan fingerprint density at radius 3 is 2.40 bits per heavy atom. The van der Waals surface area contributed by atoms with E-state index in [1.807, 2.05) is 17.0 Å². The van der Waals surface area contributed by atoms with Crippen molar-refractivity contribution in [2.24, 2.45) is 16.3 Å². The van der Waals surface area contributed by atoms with E-state index in [0.717, 1.165) is 50.5 Å². The lowest BCUT2D eigenvalue weighted by molar-refractivity contribution is -0.137. The zero-order valence-corrected chi connectivity index (χ0v) is 25.6. The van der Waals surface area contributed by atoms with Crippen molar-refractivity contribution in [1.29, 1.82) is 0 Å². The number of rotatable bonds is 10. The Morgan fingerprint density at radius 1 is 1.17 bits per heavy atom. The molecule has 0 saturated heterocycles. The third kappa shape index (κ3) is 6.86. The van der Waals surface area contributed by atoms with Crippen molar-refractivity contribution >= 4 is 35.1 Å². The number of nitrogens with zero attached hydrogens (tertiary/aromatic N) is 2. The minimum Gasteiger partial charge on any atom is -0.481 e. The topological polar surface area (TPSA) is 99.1 Å². The summed E-state index contributed by atoms with van der Waals surface area (Å²) in [7, 11) is 0. The summed E-state index contributed by atoms with van der Waals surface area (Å²) < 4.78 is 14.0. The van der Waals surface area contributed by atoms with Crippen molar-refractivity contribution in [2.45, 2.75) is 90.8 Å². The van der Waals surface area contributed by atoms with Gasteiger partial charge in [-0.25, -0.2) is 4.39 Å². The second-order valence-electron chi connectivity index (χ2n) is 12.6. The highest BCUT2D eigenvalue weighted by atomic mass is 35.5. The molecule has 1 saturated carbocycles. The van der Waals surface area contributed by atoms with E-state index in [1.165, 1.54) is 12.1 Å². The van der Waals surface area contributed by atoms with Crippen molar-refractivity contribution < 1.29 is 23.9 Å². The highest BCUT2D eigenvalue weighted by Crippen LogP contribution is 2.50. The Balaban J connectivity index is 1.70. The average Bonchev–Trinajstić information content (AvgIpc) is 3.21. The molecule has 2 amide bonds. The molecule has 2 aromatic rings. The number of halogens is 2. The van der Waals surface area contributed by atoms with Gasteiger partial charge in [0.25, 0.3) is 11.8 Å². The summed E-state index contributed by atoms with van der Waals surface area (Å²) in [6.07, 6.45) is 5.74. The lowest BCUT2D eigenvalue weighted by atomic mass is 9.69. The number of carbonyl (C=O) groups is 3. The molecular weight excluding hydrogens is 557 g/mol. The lowest BCUT2D eigenvalue weighted by Crippen LogP contribution is -2.51. The molecule has 0 aromatic heterocycles. The first-order chi connectivity index (χ1) is 19.9. The van der Waals surface area contributed by atoms with Crippen LogP contribution >= 0.6 is 11.6 Å². The third-order valence-electron chi connectivity index (χ3n) is 8.72. The van der Waals surface area contributed by atoms with E-state index in [4.69, 9.17) is 21.7 Å². The van der Waals surface area contributed by atoms with Crippen LogP contribution < -0.4 is 5.32 Å². The summed E-state index contributed by atoms with van der Waals surface area (Å²) in [4.78, 5) is 44.8. The van der Waals surface area contributed by atoms with Gasteiger partial charge in [0.1, 0.15) is 17.2 Å². The van der Waals surface area contributed by atoms with Gasteiger partial charge in [0.15, 0.2) is 0 Å². The van der Waals surface area contributed by atoms with Gasteiger partial charge >= 0.3 is 5.97 Å². The largest absolute Gasteiger partial charge is 0.481 e. The van der Waals surface area contributed by atoms with Crippen LogP contribution in [0.5, 0.6) is 0 Å². The highest BCUT2D eigenvalue weighted by molar-refractivity contribution is 6.47. The summed E-state index contributed by atoms with van der Waals surface area (Å²) in [6.45, 7) is 8.92. The SMILES string of the molecule is CCCCC(c1ccc(C(=O)NCCC(=O)O)cc1)N1C(=O)C(c2ccc(F)c(Cl)c2)=NC12CCC(C(C)(C)C)CC2. The standard InChI is InChI=1S/C33H41ClFN3O4/c1-5-6-7-27(21-8-10-22(11-9-21)30(41)36-19-16-28(39)40)38-31(42)29(23-12-13-26(35)25(34)20-23)37-33(38)17-14-24(15-18-33)32(2,3)4/h8-13,20,24,27H,5-7,14-19H2,1-4H3,(H,36,41)(H,39,40). The molecule has 1 heterocycles. The van der Waals surface area contributed by atoms with Crippen molar-refractivity contribution in [3.05, 3.63) is 70.0 Å². The number of amides is 2. The molecule has 1 unspecified atom stereocenters. The van der Waals surface area contributed by atoms with Gasteiger partial charge in [-0.1, -0.05) is 64.3 Å². The van der Waals surface area contributed by atoms with E-state index < -0.39 is 17.4 Å². The predicted molar refractivity (Wildman–Crippen MR) is 162 cm³/mol. The van der Waals surface area contributed by atoms with E-state index in [9.17, 15) is 18.8 Å². The molecule has 2 N–H and O–H groups in total. The predicted octanol–water partition coefficient (Wildman–Crippen LogP) is 7.18. The van der Waals surface area contributed by atoms with E-state index in [1.54, 1.807) is 18.2 Å². The van der Waals surface area contributed by atoms with Crippen molar-refractivity contribution in [1.82, 2.24) is 10.2 Å². The molecule has 1 aliphatic heterocycles. The van der Waals surface area contributed by atoms with Crippen LogP contribution in [0.4, 0.5) is 4.39 Å². The van der Waals surface area contributed by atoms with E-state index in [-0.39, 0.29) is 41.3 Å². The molecule has 0 radical (unpaired) electrons. The second kappa shape index (κ2) is 12.9. The first-order valence-corrected chi connectivity index (χ1v) is 15.2. The normalized spacial score (nSPS) is 21.4. The maximum absolute atomic E-state index is 14.3. The molecule has 2 aliphatic rings. The smallest absolute Gasteiger partial charge is 0.305 e. The molecule has 0 bridgehead atoms. The zero-order chi connectivity index (χ0) is 30.7. The number of hydrogen-bond donors (Lipinski definition) is 2. The van der Waals surface area contributed by atoms with Gasteiger partial charge in [0.05, 0.1) is 17.5 Å². The molecule has 9 heteroatoms. The highest BCUT2D eigenvalue weighted by Gasteiger charge is 2.52. The molecule has 1 atom stereocenters. The number of carbonyl (C=O) groups excluding carboxylic acids is 2. The molecule has 4 rings (SSSR count). The Labute approximate surface area is 252 Å². The van der Waals surface area contributed by atoms with Crippen LogP contribution in [-0.2, 0) is 9.59 Å². The summed E-state index contributed by atoms with van der Waals surface area (Å²) in [5.74, 6) is -1.55. The van der Waals surface area contributed by atoms with Crippen LogP contribution in [-0.4, -0.2) is 45.7 Å². The van der Waals surface area contributed by atoms with E-state index in [2.05, 4.69) is 33.0 Å². The van der Waals surface area contributed by atoms with Crippen LogP contribution in [0.15, 0.2) is 47.5 Å². The number of unbranched alkanes of at least 4 members (excludes halogenated alkanes) is 1. The number of hydrogen-bond acceptors (Lipinski definition) is 4. The first kappa shape index (κ1) is 31.7. The summed E-state index contributed by atoms with van der Waals surface area (Å²) in [6, 6.07) is 11.2. The van der Waals surface area contributed by atoms with E-state index in [0.29, 0.717) is 22.8 Å². The number of carboxylic acid groups (broad SMARTS) is 1. The fraction of sp³-hybridized carbons (Fsp3) is 0.515. The third-order valence-corrected chi connectivity index (χ3v) is 9.01. The molecule has 7 nitrogen and oxygen atoms in total. The number of aliphatic carboxylic acids is 1. The van der Waals surface area contributed by atoms with Crippen LogP contribution in [0.25, 0.3) is 0 Å². The molecule has 1 spiro atoms. The fourth-order valence-electron chi connectivity index (χ4n) is 6.26. The lowest BCUT2D eigenvalue weighted by Gasteiger charge is -2.47. The number of aliphatic imine (C=N–C) groups is 1. The zero-order valence-electron chi connectivity index (χ0n) is 24.9. The maximum atomic E-state index is 14.3. The van der Waals surface area contributed by atoms with Crippen LogP contribution in [0.1, 0.15) is 107 Å². The molecule has 226 valence electrons. The second-order valence-corrected chi connectivity index (χ2v) is 13.0. The molecule has 1 fully saturated rings. The molecule has 42 heavy (non-hydrogen) atoms. The minimum atomic E-state index is -0.977. The molecule has 2 aromatic carbocycles. The van der Waals surface area contributed by atoms with Gasteiger partial charge in [-0.2, -0.15) is 0 Å². The van der Waals surface area contributed by atoms with Gasteiger partial charge in [-0.05, 0) is 79.3 Å². The van der Waals surface area contributed by atoms with Gasteiger partial charge in [-0.3, -0.25) is 19.4 Å². The van der Waals surface area contributed by atoms with Crippen LogP contribution in [0.3, 0.4) is 0 Å². The monoisotopic (exact) mass is 597 g/mol. The van der Waals surface area contributed by atoms with Gasteiger partial charge < -0.3 is 15.3 Å². The van der Waals surface area contributed by atoms with Gasteiger partial charge in [0.2, 0.25) is 0 Å².